The maximum absolute atomic E-state index is 4.78. The summed E-state index contributed by atoms with van der Waals surface area (Å²) in [6.45, 7) is 3.18. The maximum Gasteiger partial charge on any atom is 0.123 e. The molecular weight excluding hydrogens is 322 g/mol. The molecule has 2 heterocycles. The normalized spacial score (nSPS) is 20.6. The fourth-order valence-electron chi connectivity index (χ4n) is 2.27. The fourth-order valence-corrected chi connectivity index (χ4v) is 3.41. The Kier molecular flexibility index (Phi) is 3.98. The van der Waals surface area contributed by atoms with Gasteiger partial charge in [-0.15, -0.1) is 11.3 Å². The molecule has 1 saturated heterocycles. The lowest BCUT2D eigenvalue weighted by atomic mass is 10.1. The summed E-state index contributed by atoms with van der Waals surface area (Å²) in [4.78, 5) is 7.13. The molecule has 1 fully saturated rings. The number of halogens is 1. The number of hydrogen-bond acceptors (Lipinski definition) is 4. The van der Waals surface area contributed by atoms with Gasteiger partial charge in [0.05, 0.1) is 11.7 Å². The van der Waals surface area contributed by atoms with Crippen molar-refractivity contribution in [2.45, 2.75) is 6.04 Å². The lowest BCUT2D eigenvalue weighted by molar-refractivity contribution is 0.238. The van der Waals surface area contributed by atoms with Crippen LogP contribution < -0.4 is 5.32 Å². The van der Waals surface area contributed by atoms with Crippen LogP contribution in [0.2, 0.25) is 0 Å². The standard InChI is InChI=1S/C14H16BrN3S/c1-18-7-6-16-12(8-18)13-9-19-14(17-13)10-2-4-11(15)5-3-10/h2-5,9,12,16H,6-8H2,1H3. The van der Waals surface area contributed by atoms with Crippen molar-refractivity contribution in [3.05, 3.63) is 39.8 Å². The first-order valence-electron chi connectivity index (χ1n) is 6.35. The highest BCUT2D eigenvalue weighted by molar-refractivity contribution is 9.10. The Morgan fingerprint density at radius 3 is 2.89 bits per heavy atom. The molecule has 1 unspecified atom stereocenters. The minimum atomic E-state index is 0.360. The Labute approximate surface area is 125 Å². The summed E-state index contributed by atoms with van der Waals surface area (Å²) < 4.78 is 1.10. The van der Waals surface area contributed by atoms with Gasteiger partial charge in [0.2, 0.25) is 0 Å². The van der Waals surface area contributed by atoms with Gasteiger partial charge in [-0.05, 0) is 19.2 Å². The third-order valence-corrected chi connectivity index (χ3v) is 4.79. The molecule has 0 amide bonds. The van der Waals surface area contributed by atoms with Crippen molar-refractivity contribution < 1.29 is 0 Å². The van der Waals surface area contributed by atoms with E-state index in [0.717, 1.165) is 34.8 Å². The van der Waals surface area contributed by atoms with Gasteiger partial charge in [0.15, 0.2) is 0 Å². The topological polar surface area (TPSA) is 28.2 Å². The van der Waals surface area contributed by atoms with Crippen molar-refractivity contribution in [2.24, 2.45) is 0 Å². The van der Waals surface area contributed by atoms with E-state index in [1.165, 1.54) is 5.56 Å². The Hall–Kier alpha value is -0.750. The number of nitrogens with one attached hydrogen (secondary N) is 1. The highest BCUT2D eigenvalue weighted by atomic mass is 79.9. The summed E-state index contributed by atoms with van der Waals surface area (Å²) in [5.74, 6) is 0. The molecule has 3 rings (SSSR count). The number of thiazole rings is 1. The van der Waals surface area contributed by atoms with E-state index in [4.69, 9.17) is 4.98 Å². The van der Waals surface area contributed by atoms with Gasteiger partial charge in [0, 0.05) is 35.1 Å². The van der Waals surface area contributed by atoms with Gasteiger partial charge in [0.25, 0.3) is 0 Å². The summed E-state index contributed by atoms with van der Waals surface area (Å²) in [5.41, 5.74) is 2.35. The minimum absolute atomic E-state index is 0.360. The molecule has 100 valence electrons. The molecule has 1 N–H and O–H groups in total. The van der Waals surface area contributed by atoms with Gasteiger partial charge in [0.1, 0.15) is 5.01 Å². The molecule has 1 aromatic heterocycles. The summed E-state index contributed by atoms with van der Waals surface area (Å²) in [6, 6.07) is 8.69. The van der Waals surface area contributed by atoms with Gasteiger partial charge < -0.3 is 10.2 Å². The molecule has 19 heavy (non-hydrogen) atoms. The van der Waals surface area contributed by atoms with Crippen molar-refractivity contribution in [2.75, 3.05) is 26.7 Å². The molecule has 0 bridgehead atoms. The summed E-state index contributed by atoms with van der Waals surface area (Å²) in [6.07, 6.45) is 0. The molecule has 0 saturated carbocycles. The number of hydrogen-bond donors (Lipinski definition) is 1. The fraction of sp³-hybridized carbons (Fsp3) is 0.357. The van der Waals surface area contributed by atoms with Crippen LogP contribution in [0, 0.1) is 0 Å². The highest BCUT2D eigenvalue weighted by Crippen LogP contribution is 2.28. The van der Waals surface area contributed by atoms with Crippen LogP contribution in [0.4, 0.5) is 0 Å². The second-order valence-corrected chi connectivity index (χ2v) is 6.63. The predicted octanol–water partition coefficient (Wildman–Crippen LogP) is 3.15. The van der Waals surface area contributed by atoms with E-state index in [-0.39, 0.29) is 0 Å². The second-order valence-electron chi connectivity index (χ2n) is 4.85. The quantitative estimate of drug-likeness (QED) is 0.912. The predicted molar refractivity (Wildman–Crippen MR) is 83.5 cm³/mol. The Balaban J connectivity index is 1.81. The zero-order chi connectivity index (χ0) is 13.2. The van der Waals surface area contributed by atoms with Crippen molar-refractivity contribution >= 4 is 27.3 Å². The van der Waals surface area contributed by atoms with E-state index < -0.39 is 0 Å². The van der Waals surface area contributed by atoms with E-state index >= 15 is 0 Å². The average molecular weight is 338 g/mol. The van der Waals surface area contributed by atoms with Gasteiger partial charge >= 0.3 is 0 Å². The van der Waals surface area contributed by atoms with Crippen LogP contribution in [-0.2, 0) is 0 Å². The van der Waals surface area contributed by atoms with Gasteiger partial charge in [-0.3, -0.25) is 0 Å². The van der Waals surface area contributed by atoms with Crippen molar-refractivity contribution in [1.29, 1.82) is 0 Å². The number of piperazine rings is 1. The zero-order valence-electron chi connectivity index (χ0n) is 10.8. The first kappa shape index (κ1) is 13.2. The SMILES string of the molecule is CN1CCNC(c2csc(-c3ccc(Br)cc3)n2)C1. The van der Waals surface area contributed by atoms with Crippen molar-refractivity contribution in [3.8, 4) is 10.6 Å². The monoisotopic (exact) mass is 337 g/mol. The van der Waals surface area contributed by atoms with Gasteiger partial charge in [-0.1, -0.05) is 28.1 Å². The third-order valence-electron chi connectivity index (χ3n) is 3.35. The molecule has 5 heteroatoms. The summed E-state index contributed by atoms with van der Waals surface area (Å²) >= 11 is 5.18. The van der Waals surface area contributed by atoms with E-state index in [1.807, 2.05) is 0 Å². The van der Waals surface area contributed by atoms with Crippen molar-refractivity contribution in [1.82, 2.24) is 15.2 Å². The second kappa shape index (κ2) is 5.71. The number of benzene rings is 1. The van der Waals surface area contributed by atoms with Crippen LogP contribution >= 0.6 is 27.3 Å². The van der Waals surface area contributed by atoms with Crippen LogP contribution in [0.3, 0.4) is 0 Å². The first-order valence-corrected chi connectivity index (χ1v) is 8.03. The van der Waals surface area contributed by atoms with E-state index in [1.54, 1.807) is 11.3 Å². The van der Waals surface area contributed by atoms with Crippen LogP contribution in [0.25, 0.3) is 10.6 Å². The third kappa shape index (κ3) is 3.05. The molecule has 1 aliphatic rings. The molecule has 0 radical (unpaired) electrons. The lowest BCUT2D eigenvalue weighted by Gasteiger charge is -2.29. The number of aromatic nitrogens is 1. The Morgan fingerprint density at radius 1 is 1.37 bits per heavy atom. The Bertz CT molecular complexity index is 552. The molecule has 1 atom stereocenters. The largest absolute Gasteiger partial charge is 0.306 e. The van der Waals surface area contributed by atoms with E-state index in [9.17, 15) is 0 Å². The number of rotatable bonds is 2. The van der Waals surface area contributed by atoms with Crippen molar-refractivity contribution in [3.63, 3.8) is 0 Å². The van der Waals surface area contributed by atoms with Crippen LogP contribution in [0.1, 0.15) is 11.7 Å². The molecule has 0 aliphatic carbocycles. The minimum Gasteiger partial charge on any atom is -0.306 e. The van der Waals surface area contributed by atoms with Gasteiger partial charge in [-0.2, -0.15) is 0 Å². The first-order chi connectivity index (χ1) is 9.22. The maximum atomic E-state index is 4.78. The molecular formula is C14H16BrN3S. The summed E-state index contributed by atoms with van der Waals surface area (Å²) in [5, 5.41) is 6.80. The molecule has 2 aromatic rings. The van der Waals surface area contributed by atoms with Crippen LogP contribution in [-0.4, -0.2) is 36.6 Å². The van der Waals surface area contributed by atoms with E-state index in [0.29, 0.717) is 6.04 Å². The average Bonchev–Trinajstić information content (AvgIpc) is 2.89. The zero-order valence-corrected chi connectivity index (χ0v) is 13.2. The van der Waals surface area contributed by atoms with Gasteiger partial charge in [-0.25, -0.2) is 4.98 Å². The van der Waals surface area contributed by atoms with Crippen LogP contribution in [0.15, 0.2) is 34.1 Å². The molecule has 1 aromatic carbocycles. The molecule has 3 nitrogen and oxygen atoms in total. The highest BCUT2D eigenvalue weighted by Gasteiger charge is 2.20. The number of nitrogens with zero attached hydrogens (tertiary/aromatic N) is 2. The number of likely N-dealkylation sites (N-methyl/N-ethyl adjacent to an activating group) is 1. The molecule has 1 aliphatic heterocycles. The summed E-state index contributed by atoms with van der Waals surface area (Å²) in [7, 11) is 2.16. The Morgan fingerprint density at radius 2 is 2.16 bits per heavy atom. The van der Waals surface area contributed by atoms with E-state index in [2.05, 4.69) is 62.8 Å². The van der Waals surface area contributed by atoms with Crippen LogP contribution in [0.5, 0.6) is 0 Å². The lowest BCUT2D eigenvalue weighted by Crippen LogP contribution is -2.43. The smallest absolute Gasteiger partial charge is 0.123 e. The molecule has 0 spiro atoms.